The second-order valence-corrected chi connectivity index (χ2v) is 8.17. The van der Waals surface area contributed by atoms with Crippen LogP contribution in [0.2, 0.25) is 0 Å². The quantitative estimate of drug-likeness (QED) is 0.530. The summed E-state index contributed by atoms with van der Waals surface area (Å²) >= 11 is 0. The molecular weight excluding hydrogens is 398 g/mol. The number of nitriles is 1. The molecule has 0 aromatic heterocycles. The molecule has 0 unspecified atom stereocenters. The van der Waals surface area contributed by atoms with Gasteiger partial charge in [-0.05, 0) is 44.4 Å². The molecule has 1 fully saturated rings. The molecule has 0 radical (unpaired) electrons. The van der Waals surface area contributed by atoms with Gasteiger partial charge in [0.25, 0.3) is 17.7 Å². The molecule has 0 saturated heterocycles. The molecule has 1 aliphatic heterocycles. The van der Waals surface area contributed by atoms with Gasteiger partial charge in [0, 0.05) is 6.54 Å². The van der Waals surface area contributed by atoms with E-state index in [2.05, 4.69) is 11.4 Å². The lowest BCUT2D eigenvalue weighted by atomic mass is 9.83. The van der Waals surface area contributed by atoms with Crippen LogP contribution >= 0.6 is 0 Å². The first-order valence-electron chi connectivity index (χ1n) is 10.8. The Morgan fingerprint density at radius 2 is 1.87 bits per heavy atom. The topological polar surface area (TPSA) is 117 Å². The van der Waals surface area contributed by atoms with E-state index >= 15 is 0 Å². The number of ether oxygens (including phenoxy) is 1. The van der Waals surface area contributed by atoms with Crippen LogP contribution in [0.15, 0.2) is 18.2 Å². The smallest absolute Gasteiger partial charge is 0.338 e. The number of nitrogens with zero attached hydrogens (tertiary/aromatic N) is 2. The maximum absolute atomic E-state index is 12.6. The molecule has 1 aromatic carbocycles. The zero-order chi connectivity index (χ0) is 22.6. The van der Waals surface area contributed by atoms with Crippen LogP contribution < -0.4 is 5.32 Å². The summed E-state index contributed by atoms with van der Waals surface area (Å²) in [5.74, 6) is -2.10. The van der Waals surface area contributed by atoms with Gasteiger partial charge < -0.3 is 10.1 Å². The van der Waals surface area contributed by atoms with Crippen LogP contribution in [-0.4, -0.2) is 46.8 Å². The molecule has 3 amide bonds. The van der Waals surface area contributed by atoms with Crippen molar-refractivity contribution in [2.75, 3.05) is 6.54 Å². The van der Waals surface area contributed by atoms with Crippen LogP contribution in [0.4, 0.5) is 0 Å². The maximum Gasteiger partial charge on any atom is 0.338 e. The average Bonchev–Trinajstić information content (AvgIpc) is 3.02. The lowest BCUT2D eigenvalue weighted by molar-refractivity contribution is -0.130. The number of hydrogen-bond acceptors (Lipinski definition) is 6. The van der Waals surface area contributed by atoms with Gasteiger partial charge in [-0.25, -0.2) is 4.79 Å². The molecular formula is C23H27N3O5. The molecule has 8 heteroatoms. The summed E-state index contributed by atoms with van der Waals surface area (Å²) in [6.07, 6.45) is 4.34. The third-order valence-corrected chi connectivity index (χ3v) is 5.88. The van der Waals surface area contributed by atoms with Gasteiger partial charge in [0.1, 0.15) is 5.54 Å². The number of hydrogen-bond donors (Lipinski definition) is 1. The number of nitrogens with one attached hydrogen (secondary N) is 1. The highest BCUT2D eigenvalue weighted by Crippen LogP contribution is 2.28. The van der Waals surface area contributed by atoms with Crippen LogP contribution in [0.1, 0.15) is 89.9 Å². The molecule has 1 heterocycles. The fourth-order valence-electron chi connectivity index (χ4n) is 3.98. The predicted octanol–water partition coefficient (Wildman–Crippen LogP) is 2.97. The number of carbonyl (C=O) groups is 4. The molecule has 0 spiro atoms. The lowest BCUT2D eigenvalue weighted by Crippen LogP contribution is -2.52. The Kier molecular flexibility index (Phi) is 6.74. The minimum absolute atomic E-state index is 0.0876. The van der Waals surface area contributed by atoms with Gasteiger partial charge in [-0.3, -0.25) is 19.3 Å². The lowest BCUT2D eigenvalue weighted by Gasteiger charge is -2.32. The molecule has 31 heavy (non-hydrogen) atoms. The first-order chi connectivity index (χ1) is 14.8. The van der Waals surface area contributed by atoms with E-state index in [1.54, 1.807) is 0 Å². The van der Waals surface area contributed by atoms with Crippen LogP contribution in [0.3, 0.4) is 0 Å². The number of carbonyl (C=O) groups excluding carboxylic acids is 4. The maximum atomic E-state index is 12.6. The van der Waals surface area contributed by atoms with Crippen molar-refractivity contribution in [2.24, 2.45) is 0 Å². The summed E-state index contributed by atoms with van der Waals surface area (Å²) in [4.78, 5) is 51.3. The number of fused-ring (bicyclic) bond motifs is 1. The molecule has 1 atom stereocenters. The fourth-order valence-corrected chi connectivity index (χ4v) is 3.98. The molecule has 1 aromatic rings. The Morgan fingerprint density at radius 1 is 1.19 bits per heavy atom. The number of esters is 1. The summed E-state index contributed by atoms with van der Waals surface area (Å²) in [6, 6.07) is 6.39. The number of rotatable bonds is 7. The first-order valence-corrected chi connectivity index (χ1v) is 10.8. The van der Waals surface area contributed by atoms with Crippen molar-refractivity contribution in [3.05, 3.63) is 34.9 Å². The van der Waals surface area contributed by atoms with E-state index < -0.39 is 29.4 Å². The Morgan fingerprint density at radius 3 is 2.52 bits per heavy atom. The number of benzene rings is 1. The van der Waals surface area contributed by atoms with Crippen molar-refractivity contribution >= 4 is 23.7 Å². The van der Waals surface area contributed by atoms with Crippen molar-refractivity contribution < 1.29 is 23.9 Å². The van der Waals surface area contributed by atoms with E-state index in [0.717, 1.165) is 25.7 Å². The SMILES string of the molecule is CCCCN1C(=O)c2ccc(C(=O)O[C@@H](C)C(=O)NC3(C#N)CCCCC3)cc2C1=O. The molecule has 0 bridgehead atoms. The fraction of sp³-hybridized carbons (Fsp3) is 0.522. The van der Waals surface area contributed by atoms with Gasteiger partial charge in [0.05, 0.1) is 22.8 Å². The largest absolute Gasteiger partial charge is 0.449 e. The summed E-state index contributed by atoms with van der Waals surface area (Å²) < 4.78 is 5.27. The van der Waals surface area contributed by atoms with E-state index in [4.69, 9.17) is 4.74 Å². The van der Waals surface area contributed by atoms with E-state index in [-0.39, 0.29) is 22.6 Å². The number of unbranched alkanes of at least 4 members (excludes halogenated alkanes) is 1. The van der Waals surface area contributed by atoms with Crippen molar-refractivity contribution in [2.45, 2.75) is 70.4 Å². The molecule has 8 nitrogen and oxygen atoms in total. The monoisotopic (exact) mass is 425 g/mol. The molecule has 1 aliphatic carbocycles. The second kappa shape index (κ2) is 9.29. The first kappa shape index (κ1) is 22.5. The zero-order valence-electron chi connectivity index (χ0n) is 17.9. The van der Waals surface area contributed by atoms with Gasteiger partial charge >= 0.3 is 5.97 Å². The van der Waals surface area contributed by atoms with Crippen LogP contribution in [-0.2, 0) is 9.53 Å². The Hall–Kier alpha value is -3.21. The predicted molar refractivity (Wildman–Crippen MR) is 111 cm³/mol. The summed E-state index contributed by atoms with van der Waals surface area (Å²) in [7, 11) is 0. The zero-order valence-corrected chi connectivity index (χ0v) is 17.9. The van der Waals surface area contributed by atoms with Crippen LogP contribution in [0, 0.1) is 11.3 Å². The van der Waals surface area contributed by atoms with Gasteiger partial charge in [-0.1, -0.05) is 32.6 Å². The van der Waals surface area contributed by atoms with E-state index in [0.29, 0.717) is 25.8 Å². The Balaban J connectivity index is 1.67. The van der Waals surface area contributed by atoms with E-state index in [1.165, 1.54) is 30.0 Å². The minimum atomic E-state index is -1.11. The third-order valence-electron chi connectivity index (χ3n) is 5.88. The highest BCUT2D eigenvalue weighted by Gasteiger charge is 2.37. The average molecular weight is 425 g/mol. The molecule has 3 rings (SSSR count). The third kappa shape index (κ3) is 4.61. The molecule has 2 aliphatic rings. The second-order valence-electron chi connectivity index (χ2n) is 8.17. The van der Waals surface area contributed by atoms with Gasteiger partial charge in [0.15, 0.2) is 6.10 Å². The van der Waals surface area contributed by atoms with Crippen LogP contribution in [0.5, 0.6) is 0 Å². The number of imide groups is 1. The Labute approximate surface area is 181 Å². The van der Waals surface area contributed by atoms with Crippen molar-refractivity contribution in [1.82, 2.24) is 10.2 Å². The van der Waals surface area contributed by atoms with E-state index in [9.17, 15) is 24.4 Å². The Bertz CT molecular complexity index is 943. The van der Waals surface area contributed by atoms with Crippen molar-refractivity contribution in [3.8, 4) is 6.07 Å². The summed E-state index contributed by atoms with van der Waals surface area (Å²) in [5, 5.41) is 12.2. The highest BCUT2D eigenvalue weighted by atomic mass is 16.5. The summed E-state index contributed by atoms with van der Waals surface area (Å²) in [5.41, 5.74) is -0.405. The van der Waals surface area contributed by atoms with Gasteiger partial charge in [-0.15, -0.1) is 0 Å². The van der Waals surface area contributed by atoms with Gasteiger partial charge in [0.2, 0.25) is 0 Å². The van der Waals surface area contributed by atoms with Crippen LogP contribution in [0.25, 0.3) is 0 Å². The normalized spacial score (nSPS) is 18.2. The molecule has 164 valence electrons. The van der Waals surface area contributed by atoms with E-state index in [1.807, 2.05) is 6.92 Å². The standard InChI is InChI=1S/C23H27N3O5/c1-3-4-12-26-20(28)17-9-8-16(13-18(17)21(26)29)22(30)31-15(2)19(27)25-23(14-24)10-6-5-7-11-23/h8-9,13,15H,3-7,10-12H2,1-2H3,(H,25,27)/t15-/m0/s1. The number of amides is 3. The highest BCUT2D eigenvalue weighted by molar-refractivity contribution is 6.22. The minimum Gasteiger partial charge on any atom is -0.449 e. The summed E-state index contributed by atoms with van der Waals surface area (Å²) in [6.45, 7) is 3.74. The van der Waals surface area contributed by atoms with Crippen molar-refractivity contribution in [3.63, 3.8) is 0 Å². The molecule has 1 N–H and O–H groups in total. The van der Waals surface area contributed by atoms with Crippen molar-refractivity contribution in [1.29, 1.82) is 5.26 Å². The molecule has 1 saturated carbocycles. The van der Waals surface area contributed by atoms with Gasteiger partial charge in [-0.2, -0.15) is 5.26 Å².